The number of ether oxygens (including phenoxy) is 1. The molecule has 0 spiro atoms. The lowest BCUT2D eigenvalue weighted by Crippen LogP contribution is -2.28. The van der Waals surface area contributed by atoms with E-state index in [0.717, 1.165) is 29.2 Å². The Hall–Kier alpha value is -0.610. The fourth-order valence-electron chi connectivity index (χ4n) is 1.71. The van der Waals surface area contributed by atoms with Gasteiger partial charge in [-0.15, -0.1) is 0 Å². The van der Waals surface area contributed by atoms with Gasteiger partial charge in [0.05, 0.1) is 6.10 Å². The van der Waals surface area contributed by atoms with Crippen LogP contribution in [0.5, 0.6) is 0 Å². The third kappa shape index (κ3) is 4.64. The molecule has 1 atom stereocenters. The van der Waals surface area contributed by atoms with Crippen molar-refractivity contribution in [2.45, 2.75) is 26.1 Å². The van der Waals surface area contributed by atoms with E-state index in [1.54, 1.807) is 7.11 Å². The van der Waals surface area contributed by atoms with Crippen LogP contribution in [0, 0.1) is 0 Å². The molecule has 0 radical (unpaired) electrons. The van der Waals surface area contributed by atoms with Crippen molar-refractivity contribution in [3.63, 3.8) is 0 Å². The van der Waals surface area contributed by atoms with Gasteiger partial charge in [-0.05, 0) is 31.2 Å². The monoisotopic (exact) mass is 256 g/mol. The first-order valence-corrected chi connectivity index (χ1v) is 6.13. The molecule has 0 bridgehead atoms. The maximum Gasteiger partial charge on any atom is 0.0670 e. The molecule has 17 heavy (non-hydrogen) atoms. The summed E-state index contributed by atoms with van der Waals surface area (Å²) in [5.41, 5.74) is 7.75. The van der Waals surface area contributed by atoms with Gasteiger partial charge >= 0.3 is 0 Å². The second-order valence-electron chi connectivity index (χ2n) is 4.37. The summed E-state index contributed by atoms with van der Waals surface area (Å²) in [6.45, 7) is 4.27. The third-order valence-corrected chi connectivity index (χ3v) is 3.12. The van der Waals surface area contributed by atoms with Crippen molar-refractivity contribution in [1.82, 2.24) is 4.90 Å². The van der Waals surface area contributed by atoms with E-state index in [4.69, 9.17) is 22.1 Å². The van der Waals surface area contributed by atoms with Crippen LogP contribution < -0.4 is 5.73 Å². The highest BCUT2D eigenvalue weighted by atomic mass is 35.5. The van der Waals surface area contributed by atoms with Crippen LogP contribution >= 0.6 is 11.6 Å². The Kier molecular flexibility index (Phi) is 5.92. The van der Waals surface area contributed by atoms with Crippen LogP contribution in [-0.2, 0) is 17.8 Å². The van der Waals surface area contributed by atoms with E-state index in [-0.39, 0.29) is 6.10 Å². The summed E-state index contributed by atoms with van der Waals surface area (Å²) >= 11 is 6.21. The van der Waals surface area contributed by atoms with E-state index in [9.17, 15) is 0 Å². The van der Waals surface area contributed by atoms with Gasteiger partial charge < -0.3 is 10.5 Å². The fourth-order valence-corrected chi connectivity index (χ4v) is 1.98. The lowest BCUT2D eigenvalue weighted by atomic mass is 10.1. The molecule has 0 heterocycles. The zero-order valence-electron chi connectivity index (χ0n) is 10.7. The second-order valence-corrected chi connectivity index (χ2v) is 4.78. The molecule has 1 aromatic rings. The van der Waals surface area contributed by atoms with Crippen molar-refractivity contribution < 1.29 is 4.74 Å². The summed E-state index contributed by atoms with van der Waals surface area (Å²) in [4.78, 5) is 2.19. The smallest absolute Gasteiger partial charge is 0.0670 e. The molecule has 1 aromatic carbocycles. The average Bonchev–Trinajstić information content (AvgIpc) is 2.31. The van der Waals surface area contributed by atoms with Crippen molar-refractivity contribution in [2.75, 3.05) is 20.7 Å². The van der Waals surface area contributed by atoms with Crippen molar-refractivity contribution in [2.24, 2.45) is 5.73 Å². The Labute approximate surface area is 109 Å². The fraction of sp³-hybridized carbons (Fsp3) is 0.538. The lowest BCUT2D eigenvalue weighted by Gasteiger charge is -2.21. The summed E-state index contributed by atoms with van der Waals surface area (Å²) < 4.78 is 5.23. The number of benzene rings is 1. The van der Waals surface area contributed by atoms with Crippen molar-refractivity contribution in [3.05, 3.63) is 34.3 Å². The topological polar surface area (TPSA) is 38.5 Å². The highest BCUT2D eigenvalue weighted by molar-refractivity contribution is 6.31. The molecule has 96 valence electrons. The molecule has 2 N–H and O–H groups in total. The second kappa shape index (κ2) is 6.97. The molecule has 0 saturated heterocycles. The molecular weight excluding hydrogens is 236 g/mol. The predicted molar refractivity (Wildman–Crippen MR) is 72.1 cm³/mol. The van der Waals surface area contributed by atoms with Crippen LogP contribution in [0.3, 0.4) is 0 Å². The summed E-state index contributed by atoms with van der Waals surface area (Å²) in [6.07, 6.45) is 0.224. The van der Waals surface area contributed by atoms with Crippen LogP contribution in [0.4, 0.5) is 0 Å². The molecule has 0 amide bonds. The first-order valence-electron chi connectivity index (χ1n) is 5.75. The molecule has 3 nitrogen and oxygen atoms in total. The zero-order chi connectivity index (χ0) is 12.8. The number of hydrogen-bond acceptors (Lipinski definition) is 3. The minimum atomic E-state index is 0.224. The van der Waals surface area contributed by atoms with E-state index >= 15 is 0 Å². The molecular formula is C13H21ClN2O. The van der Waals surface area contributed by atoms with Crippen LogP contribution in [-0.4, -0.2) is 31.7 Å². The number of likely N-dealkylation sites (N-methyl/N-ethyl adjacent to an activating group) is 1. The number of methoxy groups -OCH3 is 1. The minimum absolute atomic E-state index is 0.224. The first kappa shape index (κ1) is 14.5. The Morgan fingerprint density at radius 2 is 2.18 bits per heavy atom. The van der Waals surface area contributed by atoms with Gasteiger partial charge in [0.2, 0.25) is 0 Å². The molecule has 0 aliphatic rings. The Morgan fingerprint density at radius 1 is 1.47 bits per heavy atom. The lowest BCUT2D eigenvalue weighted by molar-refractivity contribution is 0.0837. The van der Waals surface area contributed by atoms with E-state index < -0.39 is 0 Å². The summed E-state index contributed by atoms with van der Waals surface area (Å²) in [7, 11) is 3.78. The quantitative estimate of drug-likeness (QED) is 0.849. The maximum absolute atomic E-state index is 6.21. The van der Waals surface area contributed by atoms with Crippen LogP contribution in [0.2, 0.25) is 5.02 Å². The van der Waals surface area contributed by atoms with Gasteiger partial charge in [0.25, 0.3) is 0 Å². The Balaban J connectivity index is 2.62. The van der Waals surface area contributed by atoms with E-state index in [2.05, 4.69) is 18.9 Å². The molecule has 0 aliphatic heterocycles. The number of halogens is 1. The largest absolute Gasteiger partial charge is 0.380 e. The molecule has 4 heteroatoms. The van der Waals surface area contributed by atoms with Crippen LogP contribution in [0.15, 0.2) is 18.2 Å². The van der Waals surface area contributed by atoms with Gasteiger partial charge in [-0.25, -0.2) is 0 Å². The van der Waals surface area contributed by atoms with E-state index in [1.807, 2.05) is 18.2 Å². The van der Waals surface area contributed by atoms with Crippen LogP contribution in [0.1, 0.15) is 18.1 Å². The average molecular weight is 257 g/mol. The van der Waals surface area contributed by atoms with Crippen molar-refractivity contribution in [1.29, 1.82) is 0 Å². The molecule has 0 aromatic heterocycles. The Bertz CT molecular complexity index is 357. The number of hydrogen-bond donors (Lipinski definition) is 1. The van der Waals surface area contributed by atoms with Gasteiger partial charge in [-0.3, -0.25) is 4.90 Å². The first-order chi connectivity index (χ1) is 8.06. The van der Waals surface area contributed by atoms with Crippen molar-refractivity contribution in [3.8, 4) is 0 Å². The van der Waals surface area contributed by atoms with Crippen molar-refractivity contribution >= 4 is 11.6 Å². The molecule has 0 saturated carbocycles. The maximum atomic E-state index is 6.21. The summed E-state index contributed by atoms with van der Waals surface area (Å²) in [5.74, 6) is 0. The number of rotatable bonds is 6. The molecule has 0 aliphatic carbocycles. The van der Waals surface area contributed by atoms with Gasteiger partial charge in [0.1, 0.15) is 0 Å². The molecule has 1 unspecified atom stereocenters. The summed E-state index contributed by atoms with van der Waals surface area (Å²) in [6, 6.07) is 6.00. The number of nitrogens with zero attached hydrogens (tertiary/aromatic N) is 1. The van der Waals surface area contributed by atoms with Gasteiger partial charge in [0.15, 0.2) is 0 Å². The molecule has 1 rings (SSSR count). The standard InChI is InChI=1S/C13H21ClN2O/c1-10(17-3)8-16(2)9-12-5-4-11(7-15)6-13(12)14/h4-6,10H,7-9,15H2,1-3H3. The van der Waals surface area contributed by atoms with Gasteiger partial charge in [0, 0.05) is 31.8 Å². The summed E-state index contributed by atoms with van der Waals surface area (Å²) in [5, 5.41) is 0.782. The highest BCUT2D eigenvalue weighted by Crippen LogP contribution is 2.19. The predicted octanol–water partition coefficient (Wildman–Crippen LogP) is 2.27. The van der Waals surface area contributed by atoms with Gasteiger partial charge in [-0.2, -0.15) is 0 Å². The SMILES string of the molecule is COC(C)CN(C)Cc1ccc(CN)cc1Cl. The Morgan fingerprint density at radius 3 is 2.71 bits per heavy atom. The highest BCUT2D eigenvalue weighted by Gasteiger charge is 2.08. The third-order valence-electron chi connectivity index (χ3n) is 2.76. The number of nitrogens with two attached hydrogens (primary N) is 1. The normalized spacial score (nSPS) is 13.1. The zero-order valence-corrected chi connectivity index (χ0v) is 11.5. The minimum Gasteiger partial charge on any atom is -0.380 e. The molecule has 0 fully saturated rings. The van der Waals surface area contributed by atoms with Gasteiger partial charge in [-0.1, -0.05) is 23.7 Å². The van der Waals surface area contributed by atoms with E-state index in [1.165, 1.54) is 0 Å². The van der Waals surface area contributed by atoms with Crippen LogP contribution in [0.25, 0.3) is 0 Å². The van der Waals surface area contributed by atoms with E-state index in [0.29, 0.717) is 6.54 Å².